The molecule has 1 amide bonds. The lowest BCUT2D eigenvalue weighted by Gasteiger charge is -2.22. The molecule has 2 aromatic carbocycles. The van der Waals surface area contributed by atoms with Gasteiger partial charge in [-0.1, -0.05) is 61.5 Å². The molecule has 2 aromatic rings. The highest BCUT2D eigenvalue weighted by Crippen LogP contribution is 2.21. The molecule has 0 bridgehead atoms. The first-order valence-electron chi connectivity index (χ1n) is 9.71. The average molecular weight is 397 g/mol. The van der Waals surface area contributed by atoms with Crippen LogP contribution in [0.3, 0.4) is 0 Å². The molecule has 0 aliphatic heterocycles. The lowest BCUT2D eigenvalue weighted by Crippen LogP contribution is -2.39. The minimum Gasteiger partial charge on any atom is -0.481 e. The van der Waals surface area contributed by atoms with Gasteiger partial charge in [0.15, 0.2) is 0 Å². The molecule has 0 aromatic heterocycles. The molecule has 0 aliphatic rings. The number of nitrogens with one attached hydrogen (secondary N) is 1. The summed E-state index contributed by atoms with van der Waals surface area (Å²) in [7, 11) is 0. The predicted octanol–water partition coefficient (Wildman–Crippen LogP) is 3.44. The molecular formula is C23H27NO5. The van der Waals surface area contributed by atoms with Crippen LogP contribution in [0.2, 0.25) is 0 Å². The lowest BCUT2D eigenvalue weighted by atomic mass is 9.94. The number of ether oxygens (including phenoxy) is 1. The molecule has 0 saturated carbocycles. The van der Waals surface area contributed by atoms with Crippen molar-refractivity contribution in [2.75, 3.05) is 6.61 Å². The second-order valence-electron chi connectivity index (χ2n) is 6.99. The van der Waals surface area contributed by atoms with Crippen molar-refractivity contribution in [2.45, 2.75) is 39.2 Å². The van der Waals surface area contributed by atoms with E-state index in [2.05, 4.69) is 5.32 Å². The number of carboxylic acid groups (broad SMARTS) is 1. The quantitative estimate of drug-likeness (QED) is 0.473. The largest absolute Gasteiger partial charge is 0.481 e. The number of carboxylic acids is 1. The van der Waals surface area contributed by atoms with Gasteiger partial charge < -0.3 is 15.2 Å². The normalized spacial score (nSPS) is 12.6. The molecule has 0 aliphatic carbocycles. The first kappa shape index (κ1) is 22.1. The minimum absolute atomic E-state index is 0.292. The van der Waals surface area contributed by atoms with Crippen molar-refractivity contribution in [3.8, 4) is 11.1 Å². The number of carbonyl (C=O) groups excluding carboxylic acids is 2. The van der Waals surface area contributed by atoms with E-state index in [4.69, 9.17) is 9.84 Å². The van der Waals surface area contributed by atoms with Gasteiger partial charge in [0, 0.05) is 6.04 Å². The maximum Gasteiger partial charge on any atom is 0.312 e. The zero-order valence-electron chi connectivity index (χ0n) is 16.8. The number of aliphatic carboxylic acids is 1. The van der Waals surface area contributed by atoms with Gasteiger partial charge in [-0.25, -0.2) is 0 Å². The summed E-state index contributed by atoms with van der Waals surface area (Å²) in [5.74, 6) is -2.50. The Bertz CT molecular complexity index is 817. The molecule has 6 heteroatoms. The van der Waals surface area contributed by atoms with Gasteiger partial charge in [-0.15, -0.1) is 0 Å². The molecule has 2 rings (SSSR count). The zero-order valence-corrected chi connectivity index (χ0v) is 16.8. The molecule has 29 heavy (non-hydrogen) atoms. The minimum atomic E-state index is -1.19. The topological polar surface area (TPSA) is 92.7 Å². The van der Waals surface area contributed by atoms with Crippen LogP contribution < -0.4 is 5.32 Å². The van der Waals surface area contributed by atoms with E-state index < -0.39 is 24.2 Å². The fourth-order valence-corrected chi connectivity index (χ4v) is 3.17. The molecule has 0 heterocycles. The van der Waals surface area contributed by atoms with Crippen molar-refractivity contribution in [3.63, 3.8) is 0 Å². The van der Waals surface area contributed by atoms with Crippen molar-refractivity contribution in [2.24, 2.45) is 5.92 Å². The van der Waals surface area contributed by atoms with Crippen LogP contribution >= 0.6 is 0 Å². The Labute approximate surface area is 170 Å². The van der Waals surface area contributed by atoms with E-state index in [0.29, 0.717) is 19.4 Å². The smallest absolute Gasteiger partial charge is 0.312 e. The Morgan fingerprint density at radius 1 is 1.00 bits per heavy atom. The van der Waals surface area contributed by atoms with E-state index in [-0.39, 0.29) is 12.0 Å². The molecule has 2 atom stereocenters. The number of hydrogen-bond donors (Lipinski definition) is 2. The van der Waals surface area contributed by atoms with Crippen molar-refractivity contribution < 1.29 is 24.2 Å². The standard InChI is InChI=1S/C23H27NO5/c1-3-29-23(28)16(2)13-20(24-21(25)15-22(26)27)14-17-9-11-19(12-10-17)18-7-5-4-6-8-18/h4-12,16,20H,3,13-15H2,1-2H3,(H,24,25)(H,26,27)/t16-,20+/m1/s1. The van der Waals surface area contributed by atoms with E-state index in [9.17, 15) is 14.4 Å². The molecule has 6 nitrogen and oxygen atoms in total. The molecule has 0 unspecified atom stereocenters. The van der Waals surface area contributed by atoms with Crippen LogP contribution in [0.1, 0.15) is 32.3 Å². The van der Waals surface area contributed by atoms with Gasteiger partial charge in [0.05, 0.1) is 12.5 Å². The van der Waals surface area contributed by atoms with Gasteiger partial charge >= 0.3 is 11.9 Å². The van der Waals surface area contributed by atoms with Gasteiger partial charge in [-0.2, -0.15) is 0 Å². The number of amides is 1. The van der Waals surface area contributed by atoms with E-state index in [1.165, 1.54) is 0 Å². The maximum atomic E-state index is 12.0. The third-order valence-corrected chi connectivity index (χ3v) is 4.55. The summed E-state index contributed by atoms with van der Waals surface area (Å²) in [6, 6.07) is 17.6. The number of carbonyl (C=O) groups is 3. The number of hydrogen-bond acceptors (Lipinski definition) is 4. The summed E-state index contributed by atoms with van der Waals surface area (Å²) >= 11 is 0. The highest BCUT2D eigenvalue weighted by Gasteiger charge is 2.22. The van der Waals surface area contributed by atoms with E-state index in [1.807, 2.05) is 54.6 Å². The summed E-state index contributed by atoms with van der Waals surface area (Å²) < 4.78 is 5.04. The monoisotopic (exact) mass is 397 g/mol. The second-order valence-corrected chi connectivity index (χ2v) is 6.99. The highest BCUT2D eigenvalue weighted by molar-refractivity contribution is 5.93. The Kier molecular flexibility index (Phi) is 8.40. The van der Waals surface area contributed by atoms with E-state index >= 15 is 0 Å². The fourth-order valence-electron chi connectivity index (χ4n) is 3.17. The number of esters is 1. The van der Waals surface area contributed by atoms with Crippen LogP contribution in [-0.2, 0) is 25.5 Å². The van der Waals surface area contributed by atoms with Crippen LogP contribution in [-0.4, -0.2) is 35.6 Å². The number of rotatable bonds is 10. The van der Waals surface area contributed by atoms with Gasteiger partial charge in [0.1, 0.15) is 6.42 Å². The van der Waals surface area contributed by atoms with E-state index in [1.54, 1.807) is 13.8 Å². The highest BCUT2D eigenvalue weighted by atomic mass is 16.5. The maximum absolute atomic E-state index is 12.0. The molecule has 0 radical (unpaired) electrons. The van der Waals surface area contributed by atoms with Crippen molar-refractivity contribution in [3.05, 3.63) is 60.2 Å². The molecule has 0 saturated heterocycles. The van der Waals surface area contributed by atoms with Gasteiger partial charge in [-0.3, -0.25) is 14.4 Å². The third kappa shape index (κ3) is 7.41. The Balaban J connectivity index is 2.09. The Morgan fingerprint density at radius 2 is 1.62 bits per heavy atom. The van der Waals surface area contributed by atoms with Crippen LogP contribution in [0.25, 0.3) is 11.1 Å². The number of benzene rings is 2. The average Bonchev–Trinajstić information content (AvgIpc) is 2.68. The Hall–Kier alpha value is -3.15. The van der Waals surface area contributed by atoms with Gasteiger partial charge in [0.2, 0.25) is 5.91 Å². The summed E-state index contributed by atoms with van der Waals surface area (Å²) in [4.78, 5) is 34.7. The fraction of sp³-hybridized carbons (Fsp3) is 0.348. The predicted molar refractivity (Wildman–Crippen MR) is 110 cm³/mol. The second kappa shape index (κ2) is 11.0. The van der Waals surface area contributed by atoms with E-state index in [0.717, 1.165) is 16.7 Å². The van der Waals surface area contributed by atoms with Crippen molar-refractivity contribution >= 4 is 17.8 Å². The zero-order chi connectivity index (χ0) is 21.2. The molecule has 0 spiro atoms. The summed E-state index contributed by atoms with van der Waals surface area (Å²) in [6.45, 7) is 3.78. The Morgan fingerprint density at radius 3 is 2.21 bits per heavy atom. The van der Waals surface area contributed by atoms with Gasteiger partial charge in [-0.05, 0) is 36.5 Å². The first-order valence-corrected chi connectivity index (χ1v) is 9.71. The summed E-state index contributed by atoms with van der Waals surface area (Å²) in [5, 5.41) is 11.6. The molecule has 0 fully saturated rings. The summed E-state index contributed by atoms with van der Waals surface area (Å²) in [5.41, 5.74) is 3.18. The van der Waals surface area contributed by atoms with Crippen LogP contribution in [0, 0.1) is 5.92 Å². The third-order valence-electron chi connectivity index (χ3n) is 4.55. The molecular weight excluding hydrogens is 370 g/mol. The van der Waals surface area contributed by atoms with Crippen LogP contribution in [0.5, 0.6) is 0 Å². The van der Waals surface area contributed by atoms with Crippen LogP contribution in [0.15, 0.2) is 54.6 Å². The van der Waals surface area contributed by atoms with Crippen molar-refractivity contribution in [1.29, 1.82) is 0 Å². The first-order chi connectivity index (χ1) is 13.9. The SMILES string of the molecule is CCOC(=O)[C@H](C)C[C@@H](Cc1ccc(-c2ccccc2)cc1)NC(=O)CC(=O)O. The molecule has 2 N–H and O–H groups in total. The van der Waals surface area contributed by atoms with Gasteiger partial charge in [0.25, 0.3) is 0 Å². The van der Waals surface area contributed by atoms with Crippen molar-refractivity contribution in [1.82, 2.24) is 5.32 Å². The lowest BCUT2D eigenvalue weighted by molar-refractivity contribution is -0.148. The summed E-state index contributed by atoms with van der Waals surface area (Å²) in [6.07, 6.45) is 0.256. The molecule has 154 valence electrons. The van der Waals surface area contributed by atoms with Crippen LogP contribution in [0.4, 0.5) is 0 Å².